The number of methoxy groups -OCH3 is 1. The molecule has 3 aromatic carbocycles. The first-order valence-corrected chi connectivity index (χ1v) is 10.6. The molecule has 6 nitrogen and oxygen atoms in total. The summed E-state index contributed by atoms with van der Waals surface area (Å²) in [6, 6.07) is 21.3. The summed E-state index contributed by atoms with van der Waals surface area (Å²) in [7, 11) is 1.57. The molecule has 0 saturated carbocycles. The second kappa shape index (κ2) is 7.98. The van der Waals surface area contributed by atoms with Gasteiger partial charge in [-0.2, -0.15) is 0 Å². The van der Waals surface area contributed by atoms with E-state index in [1.807, 2.05) is 55.5 Å². The number of benzene rings is 3. The summed E-state index contributed by atoms with van der Waals surface area (Å²) >= 11 is 0. The number of ketones is 1. The summed E-state index contributed by atoms with van der Waals surface area (Å²) < 4.78 is 5.27. The third kappa shape index (κ3) is 3.36. The van der Waals surface area contributed by atoms with Crippen molar-refractivity contribution in [2.24, 2.45) is 0 Å². The van der Waals surface area contributed by atoms with Gasteiger partial charge in [0, 0.05) is 28.4 Å². The average molecular weight is 438 g/mol. The SMILES string of the molecule is COc1ccc(C2/C(=C(/O)c3c[nH]c4ccccc34)C(=O)C(=O)N2c2ccc(C)cc2)cc1. The zero-order valence-corrected chi connectivity index (χ0v) is 18.2. The van der Waals surface area contributed by atoms with Gasteiger partial charge in [0.15, 0.2) is 0 Å². The largest absolute Gasteiger partial charge is 0.507 e. The first-order chi connectivity index (χ1) is 16.0. The summed E-state index contributed by atoms with van der Waals surface area (Å²) in [5, 5.41) is 12.1. The van der Waals surface area contributed by atoms with Gasteiger partial charge in [-0.1, -0.05) is 48.0 Å². The van der Waals surface area contributed by atoms with Gasteiger partial charge in [0.2, 0.25) is 0 Å². The van der Waals surface area contributed by atoms with Crippen molar-refractivity contribution in [3.63, 3.8) is 0 Å². The Balaban J connectivity index is 1.74. The lowest BCUT2D eigenvalue weighted by Crippen LogP contribution is -2.29. The molecule has 5 rings (SSSR count). The highest BCUT2D eigenvalue weighted by Crippen LogP contribution is 2.43. The molecule has 6 heteroatoms. The maximum atomic E-state index is 13.3. The summed E-state index contributed by atoms with van der Waals surface area (Å²) in [4.78, 5) is 31.1. The Labute approximate surface area is 190 Å². The lowest BCUT2D eigenvalue weighted by atomic mass is 9.95. The number of nitrogens with one attached hydrogen (secondary N) is 1. The molecule has 2 heterocycles. The van der Waals surface area contributed by atoms with E-state index in [0.717, 1.165) is 16.5 Å². The Hall–Kier alpha value is -4.32. The Morgan fingerprint density at radius 2 is 1.67 bits per heavy atom. The molecule has 1 fully saturated rings. The van der Waals surface area contributed by atoms with Crippen LogP contribution in [0.3, 0.4) is 0 Å². The van der Waals surface area contributed by atoms with Crippen LogP contribution in [0.4, 0.5) is 5.69 Å². The molecule has 1 unspecified atom stereocenters. The van der Waals surface area contributed by atoms with Crippen LogP contribution in [-0.2, 0) is 9.59 Å². The van der Waals surface area contributed by atoms with E-state index in [2.05, 4.69) is 4.98 Å². The maximum absolute atomic E-state index is 13.3. The molecule has 1 aliphatic heterocycles. The highest BCUT2D eigenvalue weighted by atomic mass is 16.5. The third-order valence-corrected chi connectivity index (χ3v) is 6.03. The van der Waals surface area contributed by atoms with Gasteiger partial charge < -0.3 is 14.8 Å². The quantitative estimate of drug-likeness (QED) is 0.263. The summed E-state index contributed by atoms with van der Waals surface area (Å²) in [5.41, 5.74) is 3.67. The van der Waals surface area contributed by atoms with Crippen LogP contribution in [0.5, 0.6) is 5.75 Å². The predicted octanol–water partition coefficient (Wildman–Crippen LogP) is 5.11. The van der Waals surface area contributed by atoms with E-state index < -0.39 is 17.7 Å². The number of carbonyl (C=O) groups is 2. The van der Waals surface area contributed by atoms with Crippen molar-refractivity contribution in [1.29, 1.82) is 0 Å². The second-order valence-electron chi connectivity index (χ2n) is 8.03. The number of aromatic amines is 1. The smallest absolute Gasteiger partial charge is 0.300 e. The van der Waals surface area contributed by atoms with Crippen molar-refractivity contribution in [2.75, 3.05) is 12.0 Å². The average Bonchev–Trinajstić information content (AvgIpc) is 3.39. The van der Waals surface area contributed by atoms with Crippen LogP contribution in [0.25, 0.3) is 16.7 Å². The monoisotopic (exact) mass is 438 g/mol. The molecule has 1 aliphatic rings. The molecule has 1 atom stereocenters. The summed E-state index contributed by atoms with van der Waals surface area (Å²) in [5.74, 6) is -0.955. The number of aliphatic hydroxyl groups excluding tert-OH is 1. The topological polar surface area (TPSA) is 82.6 Å². The number of aromatic nitrogens is 1. The predicted molar refractivity (Wildman–Crippen MR) is 127 cm³/mol. The van der Waals surface area contributed by atoms with Gasteiger partial charge in [-0.3, -0.25) is 14.5 Å². The molecule has 0 radical (unpaired) electrons. The van der Waals surface area contributed by atoms with Crippen LogP contribution in [0, 0.1) is 6.92 Å². The fourth-order valence-electron chi connectivity index (χ4n) is 4.32. The molecule has 0 bridgehead atoms. The minimum absolute atomic E-state index is 0.0514. The number of H-pyrrole nitrogens is 1. The van der Waals surface area contributed by atoms with Gasteiger partial charge in [-0.05, 0) is 42.8 Å². The molecule has 0 spiro atoms. The number of hydrogen-bond donors (Lipinski definition) is 2. The number of Topliss-reactive ketones (excluding diaryl/α,β-unsaturated/α-hetero) is 1. The summed E-state index contributed by atoms with van der Waals surface area (Å²) in [6.45, 7) is 1.95. The van der Waals surface area contributed by atoms with Crippen molar-refractivity contribution >= 4 is 34.0 Å². The van der Waals surface area contributed by atoms with Gasteiger partial charge in [-0.25, -0.2) is 0 Å². The number of aliphatic hydroxyl groups is 1. The number of ether oxygens (including phenoxy) is 1. The van der Waals surface area contributed by atoms with E-state index in [1.54, 1.807) is 37.6 Å². The van der Waals surface area contributed by atoms with E-state index in [4.69, 9.17) is 4.74 Å². The van der Waals surface area contributed by atoms with Crippen molar-refractivity contribution in [3.05, 3.63) is 101 Å². The molecule has 4 aromatic rings. The zero-order valence-electron chi connectivity index (χ0n) is 18.2. The number of carbonyl (C=O) groups excluding carboxylic acids is 2. The second-order valence-corrected chi connectivity index (χ2v) is 8.03. The Kier molecular flexibility index (Phi) is 4.98. The van der Waals surface area contributed by atoms with E-state index in [0.29, 0.717) is 22.6 Å². The van der Waals surface area contributed by atoms with Crippen LogP contribution < -0.4 is 9.64 Å². The molecule has 1 amide bonds. The molecular weight excluding hydrogens is 416 g/mol. The van der Waals surface area contributed by atoms with Gasteiger partial charge in [0.25, 0.3) is 11.7 Å². The number of nitrogens with zero attached hydrogens (tertiary/aromatic N) is 1. The van der Waals surface area contributed by atoms with Crippen LogP contribution >= 0.6 is 0 Å². The molecule has 1 aromatic heterocycles. The normalized spacial score (nSPS) is 17.6. The van der Waals surface area contributed by atoms with Crippen molar-refractivity contribution < 1.29 is 19.4 Å². The lowest BCUT2D eigenvalue weighted by Gasteiger charge is -2.25. The number of amides is 1. The Morgan fingerprint density at radius 1 is 0.970 bits per heavy atom. The van der Waals surface area contributed by atoms with Gasteiger partial charge in [-0.15, -0.1) is 0 Å². The van der Waals surface area contributed by atoms with Gasteiger partial charge in [0.1, 0.15) is 11.5 Å². The Morgan fingerprint density at radius 3 is 2.36 bits per heavy atom. The number of anilines is 1. The standard InChI is InChI=1S/C27H22N2O4/c1-16-7-11-18(12-8-16)29-24(17-9-13-19(33-2)14-10-17)23(26(31)27(29)32)25(30)21-15-28-22-6-4-3-5-20(21)22/h3-15,24,28,30H,1-2H3/b25-23-. The van der Waals surface area contributed by atoms with Crippen LogP contribution in [0.1, 0.15) is 22.7 Å². The van der Waals surface area contributed by atoms with Crippen molar-refractivity contribution in [2.45, 2.75) is 13.0 Å². The first kappa shape index (κ1) is 20.6. The lowest BCUT2D eigenvalue weighted by molar-refractivity contribution is -0.132. The van der Waals surface area contributed by atoms with Gasteiger partial charge in [0.05, 0.1) is 18.7 Å². The Bertz CT molecular complexity index is 1400. The number of fused-ring (bicyclic) bond motifs is 1. The van der Waals surface area contributed by atoms with E-state index in [9.17, 15) is 14.7 Å². The zero-order chi connectivity index (χ0) is 23.1. The van der Waals surface area contributed by atoms with Gasteiger partial charge >= 0.3 is 0 Å². The van der Waals surface area contributed by atoms with Crippen LogP contribution in [0.2, 0.25) is 0 Å². The number of para-hydroxylation sites is 1. The molecular formula is C27H22N2O4. The van der Waals surface area contributed by atoms with E-state index in [-0.39, 0.29) is 11.3 Å². The van der Waals surface area contributed by atoms with Crippen LogP contribution in [-0.4, -0.2) is 28.9 Å². The van der Waals surface area contributed by atoms with E-state index in [1.165, 1.54) is 4.90 Å². The van der Waals surface area contributed by atoms with E-state index >= 15 is 0 Å². The fourth-order valence-corrected chi connectivity index (χ4v) is 4.32. The molecule has 164 valence electrons. The van der Waals surface area contributed by atoms with Crippen molar-refractivity contribution in [3.8, 4) is 5.75 Å². The third-order valence-electron chi connectivity index (χ3n) is 6.03. The van der Waals surface area contributed by atoms with Crippen molar-refractivity contribution in [1.82, 2.24) is 4.98 Å². The molecule has 2 N–H and O–H groups in total. The number of hydrogen-bond acceptors (Lipinski definition) is 4. The molecule has 1 saturated heterocycles. The minimum atomic E-state index is -0.785. The summed E-state index contributed by atoms with van der Waals surface area (Å²) in [6.07, 6.45) is 1.66. The molecule has 0 aliphatic carbocycles. The van der Waals surface area contributed by atoms with Crippen LogP contribution in [0.15, 0.2) is 84.6 Å². The fraction of sp³-hybridized carbons (Fsp3) is 0.111. The molecule has 33 heavy (non-hydrogen) atoms. The number of rotatable bonds is 4. The minimum Gasteiger partial charge on any atom is -0.507 e. The highest BCUT2D eigenvalue weighted by Gasteiger charge is 2.47. The highest BCUT2D eigenvalue weighted by molar-refractivity contribution is 6.51. The first-order valence-electron chi connectivity index (χ1n) is 10.6. The maximum Gasteiger partial charge on any atom is 0.300 e. The number of aryl methyl sites for hydroxylation is 1.